The van der Waals surface area contributed by atoms with Crippen molar-refractivity contribution in [1.82, 2.24) is 0 Å². The van der Waals surface area contributed by atoms with Gasteiger partial charge in [-0.1, -0.05) is 26.0 Å². The number of methoxy groups -OCH3 is 1. The molecule has 0 bridgehead atoms. The second kappa shape index (κ2) is 6.88. The molecule has 8 heteroatoms. The number of rotatable bonds is 6. The monoisotopic (exact) mass is 350 g/mol. The summed E-state index contributed by atoms with van der Waals surface area (Å²) in [5.41, 5.74) is 1.12. The fraction of sp³-hybridized carbons (Fsp3) is 0.250. The lowest BCUT2D eigenvalue weighted by molar-refractivity contribution is -0.385. The number of anilines is 1. The second-order valence-electron chi connectivity index (χ2n) is 5.47. The lowest BCUT2D eigenvalue weighted by Gasteiger charge is -2.12. The van der Waals surface area contributed by atoms with Gasteiger partial charge in [-0.05, 0) is 29.7 Å². The number of non-ortho nitro benzene ring substituents is 1. The van der Waals surface area contributed by atoms with Gasteiger partial charge in [-0.3, -0.25) is 14.8 Å². The predicted octanol–water partition coefficient (Wildman–Crippen LogP) is 3.53. The summed E-state index contributed by atoms with van der Waals surface area (Å²) in [7, 11) is -2.72. The molecule has 7 nitrogen and oxygen atoms in total. The van der Waals surface area contributed by atoms with E-state index in [0.29, 0.717) is 11.6 Å². The highest BCUT2D eigenvalue weighted by atomic mass is 32.2. The van der Waals surface area contributed by atoms with Crippen molar-refractivity contribution in [2.45, 2.75) is 24.7 Å². The van der Waals surface area contributed by atoms with Crippen LogP contribution < -0.4 is 9.46 Å². The largest absolute Gasteiger partial charge is 0.495 e. The van der Waals surface area contributed by atoms with Crippen LogP contribution in [0.5, 0.6) is 5.75 Å². The van der Waals surface area contributed by atoms with Crippen LogP contribution in [0.1, 0.15) is 25.3 Å². The van der Waals surface area contributed by atoms with Gasteiger partial charge >= 0.3 is 0 Å². The Bertz CT molecular complexity index is 845. The van der Waals surface area contributed by atoms with Crippen LogP contribution >= 0.6 is 0 Å². The highest BCUT2D eigenvalue weighted by Gasteiger charge is 2.23. The standard InChI is InChI=1S/C16H18N2O5S/c1-11(2)12-4-6-13(7-5-12)17-24(21,22)16-10-14(18(19)20)8-9-15(16)23-3/h4-11,17H,1-3H3. The molecule has 2 rings (SSSR count). The zero-order valence-corrected chi connectivity index (χ0v) is 14.3. The molecule has 1 N–H and O–H groups in total. The number of sulfonamides is 1. The van der Waals surface area contributed by atoms with Crippen LogP contribution in [-0.2, 0) is 10.0 Å². The Kier molecular flexibility index (Phi) is 5.08. The highest BCUT2D eigenvalue weighted by Crippen LogP contribution is 2.30. The molecule has 0 saturated heterocycles. The van der Waals surface area contributed by atoms with E-state index in [4.69, 9.17) is 4.74 Å². The predicted molar refractivity (Wildman–Crippen MR) is 91.0 cm³/mol. The van der Waals surface area contributed by atoms with Crippen molar-refractivity contribution in [3.63, 3.8) is 0 Å². The summed E-state index contributed by atoms with van der Waals surface area (Å²) in [6.45, 7) is 4.07. The zero-order chi connectivity index (χ0) is 17.9. The summed E-state index contributed by atoms with van der Waals surface area (Å²) < 4.78 is 32.5. The van der Waals surface area contributed by atoms with Gasteiger partial charge < -0.3 is 4.74 Å². The number of nitro groups is 1. The number of nitrogens with one attached hydrogen (secondary N) is 1. The molecule has 0 radical (unpaired) electrons. The first kappa shape index (κ1) is 17.7. The fourth-order valence-corrected chi connectivity index (χ4v) is 3.38. The molecule has 0 aromatic heterocycles. The van der Waals surface area contributed by atoms with Crippen LogP contribution in [0.4, 0.5) is 11.4 Å². The second-order valence-corrected chi connectivity index (χ2v) is 7.13. The van der Waals surface area contributed by atoms with Gasteiger partial charge in [-0.2, -0.15) is 0 Å². The minimum absolute atomic E-state index is 0.0342. The molecule has 0 spiro atoms. The Morgan fingerprint density at radius 1 is 1.12 bits per heavy atom. The quantitative estimate of drug-likeness (QED) is 0.635. The number of nitrogens with zero attached hydrogens (tertiary/aromatic N) is 1. The average Bonchev–Trinajstić information content (AvgIpc) is 2.54. The Morgan fingerprint density at radius 3 is 2.25 bits per heavy atom. The van der Waals surface area contributed by atoms with Crippen molar-refractivity contribution < 1.29 is 18.1 Å². The van der Waals surface area contributed by atoms with E-state index in [1.165, 1.54) is 19.2 Å². The number of benzene rings is 2. The van der Waals surface area contributed by atoms with Crippen LogP contribution in [0.3, 0.4) is 0 Å². The van der Waals surface area contributed by atoms with E-state index in [2.05, 4.69) is 4.72 Å². The summed E-state index contributed by atoms with van der Waals surface area (Å²) >= 11 is 0. The van der Waals surface area contributed by atoms with Crippen LogP contribution in [0.25, 0.3) is 0 Å². The molecule has 2 aromatic rings. The molecule has 0 aliphatic carbocycles. The van der Waals surface area contributed by atoms with E-state index >= 15 is 0 Å². The lowest BCUT2D eigenvalue weighted by Crippen LogP contribution is -2.14. The van der Waals surface area contributed by atoms with Crippen LogP contribution in [0.2, 0.25) is 0 Å². The number of nitro benzene ring substituents is 1. The van der Waals surface area contributed by atoms with E-state index < -0.39 is 14.9 Å². The van der Waals surface area contributed by atoms with Crippen LogP contribution in [0.15, 0.2) is 47.4 Å². The maximum Gasteiger partial charge on any atom is 0.271 e. The SMILES string of the molecule is COc1ccc([N+](=O)[O-])cc1S(=O)(=O)Nc1ccc(C(C)C)cc1. The zero-order valence-electron chi connectivity index (χ0n) is 13.5. The van der Waals surface area contributed by atoms with Crippen molar-refractivity contribution in [2.24, 2.45) is 0 Å². The van der Waals surface area contributed by atoms with E-state index in [-0.39, 0.29) is 16.3 Å². The maximum atomic E-state index is 12.6. The molecule has 24 heavy (non-hydrogen) atoms. The van der Waals surface area contributed by atoms with Gasteiger partial charge in [0, 0.05) is 17.8 Å². The average molecular weight is 350 g/mol. The molecular weight excluding hydrogens is 332 g/mol. The van der Waals surface area contributed by atoms with Gasteiger partial charge in [-0.15, -0.1) is 0 Å². The molecule has 0 fully saturated rings. The Balaban J connectivity index is 2.39. The minimum Gasteiger partial charge on any atom is -0.495 e. The Labute approximate surface area is 140 Å². The molecule has 0 aliphatic rings. The van der Waals surface area contributed by atoms with E-state index in [9.17, 15) is 18.5 Å². The van der Waals surface area contributed by atoms with Crippen molar-refractivity contribution in [1.29, 1.82) is 0 Å². The van der Waals surface area contributed by atoms with E-state index in [0.717, 1.165) is 11.6 Å². The molecule has 0 aliphatic heterocycles. The van der Waals surface area contributed by atoms with Crippen LogP contribution in [-0.4, -0.2) is 20.5 Å². The third kappa shape index (κ3) is 3.83. The van der Waals surface area contributed by atoms with Crippen molar-refractivity contribution >= 4 is 21.4 Å². The van der Waals surface area contributed by atoms with E-state index in [1.54, 1.807) is 12.1 Å². The molecule has 0 saturated carbocycles. The molecule has 2 aromatic carbocycles. The highest BCUT2D eigenvalue weighted by molar-refractivity contribution is 7.92. The topological polar surface area (TPSA) is 98.5 Å². The molecular formula is C16H18N2O5S. The van der Waals surface area contributed by atoms with Crippen molar-refractivity contribution in [3.05, 3.63) is 58.1 Å². The van der Waals surface area contributed by atoms with Gasteiger partial charge in [-0.25, -0.2) is 8.42 Å². The van der Waals surface area contributed by atoms with Crippen molar-refractivity contribution in [2.75, 3.05) is 11.8 Å². The molecule has 128 valence electrons. The number of hydrogen-bond acceptors (Lipinski definition) is 5. The van der Waals surface area contributed by atoms with Crippen LogP contribution in [0, 0.1) is 10.1 Å². The van der Waals surface area contributed by atoms with Gasteiger partial charge in [0.25, 0.3) is 15.7 Å². The number of hydrogen-bond donors (Lipinski definition) is 1. The number of ether oxygens (including phenoxy) is 1. The maximum absolute atomic E-state index is 12.6. The Hall–Kier alpha value is -2.61. The lowest BCUT2D eigenvalue weighted by atomic mass is 10.0. The van der Waals surface area contributed by atoms with Gasteiger partial charge in [0.05, 0.1) is 12.0 Å². The van der Waals surface area contributed by atoms with E-state index in [1.807, 2.05) is 26.0 Å². The summed E-state index contributed by atoms with van der Waals surface area (Å²) in [6.07, 6.45) is 0. The third-order valence-electron chi connectivity index (χ3n) is 3.48. The first-order chi connectivity index (χ1) is 11.2. The first-order valence-corrected chi connectivity index (χ1v) is 8.68. The minimum atomic E-state index is -4.02. The normalized spacial score (nSPS) is 11.3. The van der Waals surface area contributed by atoms with Crippen molar-refractivity contribution in [3.8, 4) is 5.75 Å². The van der Waals surface area contributed by atoms with Gasteiger partial charge in [0.15, 0.2) is 0 Å². The summed E-state index contributed by atoms with van der Waals surface area (Å²) in [6, 6.07) is 10.4. The summed E-state index contributed by atoms with van der Waals surface area (Å²) in [5, 5.41) is 10.9. The smallest absolute Gasteiger partial charge is 0.271 e. The molecule has 0 amide bonds. The Morgan fingerprint density at radius 2 is 1.75 bits per heavy atom. The summed E-state index contributed by atoms with van der Waals surface area (Å²) in [4.78, 5) is 9.95. The summed E-state index contributed by atoms with van der Waals surface area (Å²) in [5.74, 6) is 0.361. The molecule has 0 atom stereocenters. The molecule has 0 unspecified atom stereocenters. The first-order valence-electron chi connectivity index (χ1n) is 7.20. The van der Waals surface area contributed by atoms with Gasteiger partial charge in [0.1, 0.15) is 10.6 Å². The third-order valence-corrected chi connectivity index (χ3v) is 4.88. The molecule has 0 heterocycles. The fourth-order valence-electron chi connectivity index (χ4n) is 2.14. The van der Waals surface area contributed by atoms with Gasteiger partial charge in [0.2, 0.25) is 0 Å².